The van der Waals surface area contributed by atoms with Gasteiger partial charge in [0.25, 0.3) is 5.91 Å². The highest BCUT2D eigenvalue weighted by Gasteiger charge is 2.29. The Morgan fingerprint density at radius 2 is 1.96 bits per heavy atom. The maximum atomic E-state index is 13.0. The van der Waals surface area contributed by atoms with Crippen LogP contribution in [0.15, 0.2) is 42.5 Å². The fraction of sp³-hybridized carbons (Fsp3) is 0.368. The van der Waals surface area contributed by atoms with Gasteiger partial charge in [-0.1, -0.05) is 36.4 Å². The topological polar surface area (TPSA) is 69.6 Å². The number of piperidine rings is 1. The lowest BCUT2D eigenvalue weighted by molar-refractivity contribution is -0.126. The Balaban J connectivity index is 1.78. The van der Waals surface area contributed by atoms with Crippen LogP contribution < -0.4 is 5.32 Å². The van der Waals surface area contributed by atoms with Crippen LogP contribution in [0.3, 0.4) is 0 Å². The highest BCUT2D eigenvalue weighted by Crippen LogP contribution is 2.23. The van der Waals surface area contributed by atoms with Crippen LogP contribution in [0.5, 0.6) is 0 Å². The van der Waals surface area contributed by atoms with Crippen molar-refractivity contribution >= 4 is 22.6 Å². The summed E-state index contributed by atoms with van der Waals surface area (Å²) >= 11 is 0. The minimum atomic E-state index is -0.204. The van der Waals surface area contributed by atoms with Crippen LogP contribution in [0.2, 0.25) is 0 Å². The molecule has 5 heteroatoms. The van der Waals surface area contributed by atoms with E-state index in [9.17, 15) is 9.59 Å². The van der Waals surface area contributed by atoms with E-state index in [-0.39, 0.29) is 30.9 Å². The number of aliphatic hydroxyl groups excluding tert-OH is 1. The molecule has 0 aromatic heterocycles. The monoisotopic (exact) mass is 326 g/mol. The first-order valence-corrected chi connectivity index (χ1v) is 8.36. The molecule has 2 aromatic rings. The highest BCUT2D eigenvalue weighted by atomic mass is 16.3. The average molecular weight is 326 g/mol. The van der Waals surface area contributed by atoms with Gasteiger partial charge in [0.05, 0.1) is 12.5 Å². The van der Waals surface area contributed by atoms with Crippen molar-refractivity contribution in [2.45, 2.75) is 12.8 Å². The maximum absolute atomic E-state index is 13.0. The van der Waals surface area contributed by atoms with E-state index in [2.05, 4.69) is 5.32 Å². The molecule has 2 aromatic carbocycles. The number of benzene rings is 2. The van der Waals surface area contributed by atoms with Crippen molar-refractivity contribution in [3.05, 3.63) is 48.0 Å². The van der Waals surface area contributed by atoms with Gasteiger partial charge in [0.1, 0.15) is 0 Å². The zero-order valence-corrected chi connectivity index (χ0v) is 13.6. The van der Waals surface area contributed by atoms with E-state index in [4.69, 9.17) is 5.11 Å². The van der Waals surface area contributed by atoms with Gasteiger partial charge in [-0.05, 0) is 29.7 Å². The van der Waals surface area contributed by atoms with Crippen molar-refractivity contribution in [1.29, 1.82) is 0 Å². The quantitative estimate of drug-likeness (QED) is 0.900. The third-order valence-electron chi connectivity index (χ3n) is 4.51. The summed E-state index contributed by atoms with van der Waals surface area (Å²) in [5.41, 5.74) is 0.685. The number of nitrogens with one attached hydrogen (secondary N) is 1. The Bertz CT molecular complexity index is 739. The fourth-order valence-corrected chi connectivity index (χ4v) is 3.28. The molecule has 2 amide bonds. The number of amides is 2. The number of fused-ring (bicyclic) bond motifs is 1. The van der Waals surface area contributed by atoms with E-state index in [1.807, 2.05) is 42.5 Å². The zero-order chi connectivity index (χ0) is 16.9. The molecule has 1 heterocycles. The molecule has 0 bridgehead atoms. The SMILES string of the molecule is O=C(NCCO)C1CCCN(C(=O)c2cccc3ccccc23)C1. The van der Waals surface area contributed by atoms with Crippen LogP contribution in [-0.2, 0) is 4.79 Å². The van der Waals surface area contributed by atoms with Gasteiger partial charge in [-0.3, -0.25) is 9.59 Å². The second kappa shape index (κ2) is 7.45. The first-order chi connectivity index (χ1) is 11.7. The molecule has 2 N–H and O–H groups in total. The number of hydrogen-bond acceptors (Lipinski definition) is 3. The molecule has 0 radical (unpaired) electrons. The Hall–Kier alpha value is -2.40. The summed E-state index contributed by atoms with van der Waals surface area (Å²) in [6.45, 7) is 1.29. The summed E-state index contributed by atoms with van der Waals surface area (Å²) in [7, 11) is 0. The predicted octanol–water partition coefficient (Wildman–Crippen LogP) is 1.80. The average Bonchev–Trinajstić information content (AvgIpc) is 2.65. The molecule has 1 aliphatic heterocycles. The molecule has 0 aliphatic carbocycles. The van der Waals surface area contributed by atoms with Gasteiger partial charge in [0.15, 0.2) is 0 Å². The van der Waals surface area contributed by atoms with Gasteiger partial charge in [-0.15, -0.1) is 0 Å². The summed E-state index contributed by atoms with van der Waals surface area (Å²) in [5, 5.41) is 13.5. The highest BCUT2D eigenvalue weighted by molar-refractivity contribution is 6.07. The summed E-state index contributed by atoms with van der Waals surface area (Å²) in [6, 6.07) is 13.6. The lowest BCUT2D eigenvalue weighted by Gasteiger charge is -2.32. The van der Waals surface area contributed by atoms with Crippen molar-refractivity contribution in [2.75, 3.05) is 26.2 Å². The number of carbonyl (C=O) groups excluding carboxylic acids is 2. The molecule has 0 saturated carbocycles. The van der Waals surface area contributed by atoms with Gasteiger partial charge >= 0.3 is 0 Å². The normalized spacial score (nSPS) is 17.7. The van der Waals surface area contributed by atoms with Crippen LogP contribution in [0, 0.1) is 5.92 Å². The molecular weight excluding hydrogens is 304 g/mol. The molecule has 1 fully saturated rings. The van der Waals surface area contributed by atoms with E-state index in [1.54, 1.807) is 4.90 Å². The fourth-order valence-electron chi connectivity index (χ4n) is 3.28. The van der Waals surface area contributed by atoms with Gasteiger partial charge in [-0.2, -0.15) is 0 Å². The summed E-state index contributed by atoms with van der Waals surface area (Å²) in [4.78, 5) is 26.8. The van der Waals surface area contributed by atoms with E-state index >= 15 is 0 Å². The molecule has 1 unspecified atom stereocenters. The smallest absolute Gasteiger partial charge is 0.254 e. The second-order valence-corrected chi connectivity index (χ2v) is 6.13. The third-order valence-corrected chi connectivity index (χ3v) is 4.51. The predicted molar refractivity (Wildman–Crippen MR) is 92.7 cm³/mol. The molecule has 24 heavy (non-hydrogen) atoms. The molecule has 1 aliphatic rings. The van der Waals surface area contributed by atoms with Crippen molar-refractivity contribution in [1.82, 2.24) is 10.2 Å². The number of rotatable bonds is 4. The standard InChI is InChI=1S/C19H22N2O3/c22-12-10-20-18(23)15-7-4-11-21(13-15)19(24)17-9-3-6-14-5-1-2-8-16(14)17/h1-3,5-6,8-9,15,22H,4,7,10-13H2,(H,20,23). The molecule has 0 spiro atoms. The lowest BCUT2D eigenvalue weighted by Crippen LogP contribution is -2.45. The molecule has 126 valence electrons. The summed E-state index contributed by atoms with van der Waals surface area (Å²) < 4.78 is 0. The van der Waals surface area contributed by atoms with Crippen molar-refractivity contribution in [3.63, 3.8) is 0 Å². The van der Waals surface area contributed by atoms with Crippen LogP contribution in [-0.4, -0.2) is 48.1 Å². The van der Waals surface area contributed by atoms with Gasteiger partial charge in [0.2, 0.25) is 5.91 Å². The van der Waals surface area contributed by atoms with Crippen LogP contribution >= 0.6 is 0 Å². The lowest BCUT2D eigenvalue weighted by atomic mass is 9.95. The third kappa shape index (κ3) is 3.41. The first kappa shape index (κ1) is 16.5. The zero-order valence-electron chi connectivity index (χ0n) is 13.6. The van der Waals surface area contributed by atoms with Crippen LogP contribution in [0.25, 0.3) is 10.8 Å². The van der Waals surface area contributed by atoms with Crippen molar-refractivity contribution in [2.24, 2.45) is 5.92 Å². The first-order valence-electron chi connectivity index (χ1n) is 8.36. The van der Waals surface area contributed by atoms with E-state index in [0.29, 0.717) is 18.7 Å². The van der Waals surface area contributed by atoms with Crippen molar-refractivity contribution < 1.29 is 14.7 Å². The van der Waals surface area contributed by atoms with E-state index in [0.717, 1.165) is 23.6 Å². The molecule has 1 saturated heterocycles. The molecule has 5 nitrogen and oxygen atoms in total. The Morgan fingerprint density at radius 1 is 1.17 bits per heavy atom. The van der Waals surface area contributed by atoms with Gasteiger partial charge < -0.3 is 15.3 Å². The second-order valence-electron chi connectivity index (χ2n) is 6.13. The summed E-state index contributed by atoms with van der Waals surface area (Å²) in [5.74, 6) is -0.310. The minimum Gasteiger partial charge on any atom is -0.395 e. The Morgan fingerprint density at radius 3 is 2.79 bits per heavy atom. The number of nitrogens with zero attached hydrogens (tertiary/aromatic N) is 1. The van der Waals surface area contributed by atoms with E-state index in [1.165, 1.54) is 0 Å². The molecule has 3 rings (SSSR count). The van der Waals surface area contributed by atoms with Crippen molar-refractivity contribution in [3.8, 4) is 0 Å². The van der Waals surface area contributed by atoms with Gasteiger partial charge in [0, 0.05) is 25.2 Å². The number of aliphatic hydroxyl groups is 1. The van der Waals surface area contributed by atoms with Gasteiger partial charge in [-0.25, -0.2) is 0 Å². The van der Waals surface area contributed by atoms with Crippen LogP contribution in [0.4, 0.5) is 0 Å². The number of likely N-dealkylation sites (tertiary alicyclic amines) is 1. The number of carbonyl (C=O) groups is 2. The largest absolute Gasteiger partial charge is 0.395 e. The maximum Gasteiger partial charge on any atom is 0.254 e. The van der Waals surface area contributed by atoms with E-state index < -0.39 is 0 Å². The Kier molecular flexibility index (Phi) is 5.11. The number of hydrogen-bond donors (Lipinski definition) is 2. The minimum absolute atomic E-state index is 0.0218. The molecule has 1 atom stereocenters. The summed E-state index contributed by atoms with van der Waals surface area (Å²) in [6.07, 6.45) is 1.59. The molecular formula is C19H22N2O3. The Labute approximate surface area is 141 Å². The van der Waals surface area contributed by atoms with Crippen LogP contribution in [0.1, 0.15) is 23.2 Å².